The normalized spacial score (nSPS) is 16.7. The molecule has 0 aliphatic carbocycles. The number of carbonyl (C=O) groups excluding carboxylic acids is 2. The molecule has 3 aromatic carbocycles. The van der Waals surface area contributed by atoms with Gasteiger partial charge in [0, 0.05) is 24.5 Å². The van der Waals surface area contributed by atoms with E-state index in [-0.39, 0.29) is 17.9 Å². The molecule has 5 rings (SSSR count). The second-order valence-corrected chi connectivity index (χ2v) is 8.95. The molecule has 1 atom stereocenters. The van der Waals surface area contributed by atoms with Crippen LogP contribution in [0.15, 0.2) is 109 Å². The third-order valence-corrected chi connectivity index (χ3v) is 6.44. The molecule has 1 saturated heterocycles. The van der Waals surface area contributed by atoms with E-state index < -0.39 is 17.7 Å². The van der Waals surface area contributed by atoms with Crippen LogP contribution >= 0.6 is 0 Å². The largest absolute Gasteiger partial charge is 0.507 e. The van der Waals surface area contributed by atoms with Crippen molar-refractivity contribution in [1.29, 1.82) is 0 Å². The molecule has 1 aliphatic rings. The average Bonchev–Trinajstić information content (AvgIpc) is 3.18. The van der Waals surface area contributed by atoms with Gasteiger partial charge in [0.05, 0.1) is 11.6 Å². The number of aromatic nitrogens is 1. The fourth-order valence-electron chi connectivity index (χ4n) is 4.56. The zero-order chi connectivity index (χ0) is 25.8. The Morgan fingerprint density at radius 3 is 2.19 bits per heavy atom. The van der Waals surface area contributed by atoms with E-state index in [2.05, 4.69) is 4.98 Å². The number of Topliss-reactive ketones (excluding diaryl/α,β-unsaturated/α-hetero) is 1. The summed E-state index contributed by atoms with van der Waals surface area (Å²) in [7, 11) is 0. The summed E-state index contributed by atoms with van der Waals surface area (Å²) in [5, 5.41) is 11.4. The number of nitrogens with zero attached hydrogens (tertiary/aromatic N) is 2. The van der Waals surface area contributed by atoms with Crippen molar-refractivity contribution in [2.75, 3.05) is 0 Å². The van der Waals surface area contributed by atoms with Gasteiger partial charge in [-0.3, -0.25) is 14.6 Å². The summed E-state index contributed by atoms with van der Waals surface area (Å²) in [6.45, 7) is 2.53. The van der Waals surface area contributed by atoms with E-state index in [0.717, 1.165) is 16.7 Å². The highest BCUT2D eigenvalue weighted by atomic mass is 16.5. The maximum atomic E-state index is 13.3. The molecule has 1 unspecified atom stereocenters. The van der Waals surface area contributed by atoms with Gasteiger partial charge in [-0.15, -0.1) is 0 Å². The number of aliphatic hydroxyl groups excluding tert-OH is 1. The number of aliphatic hydroxyl groups is 1. The van der Waals surface area contributed by atoms with E-state index in [0.29, 0.717) is 23.5 Å². The lowest BCUT2D eigenvalue weighted by atomic mass is 9.95. The summed E-state index contributed by atoms with van der Waals surface area (Å²) < 4.78 is 5.96. The zero-order valence-corrected chi connectivity index (χ0v) is 20.4. The van der Waals surface area contributed by atoms with Gasteiger partial charge < -0.3 is 14.7 Å². The monoisotopic (exact) mass is 490 g/mol. The predicted molar refractivity (Wildman–Crippen MR) is 140 cm³/mol. The van der Waals surface area contributed by atoms with Gasteiger partial charge in [0.15, 0.2) is 0 Å². The van der Waals surface area contributed by atoms with Gasteiger partial charge >= 0.3 is 0 Å². The van der Waals surface area contributed by atoms with Gasteiger partial charge in [-0.2, -0.15) is 0 Å². The molecular formula is C31H26N2O4. The van der Waals surface area contributed by atoms with Crippen molar-refractivity contribution in [3.63, 3.8) is 0 Å². The fourth-order valence-corrected chi connectivity index (χ4v) is 4.56. The number of likely N-dealkylation sites (tertiary alicyclic amines) is 1. The van der Waals surface area contributed by atoms with Crippen molar-refractivity contribution >= 4 is 17.4 Å². The molecule has 0 radical (unpaired) electrons. The van der Waals surface area contributed by atoms with Gasteiger partial charge in [-0.1, -0.05) is 60.7 Å². The smallest absolute Gasteiger partial charge is 0.295 e. The van der Waals surface area contributed by atoms with Gasteiger partial charge in [0.1, 0.15) is 18.1 Å². The Morgan fingerprint density at radius 1 is 0.892 bits per heavy atom. The van der Waals surface area contributed by atoms with Crippen LogP contribution in [0.5, 0.6) is 5.75 Å². The Hall–Kier alpha value is -4.71. The third-order valence-electron chi connectivity index (χ3n) is 6.44. The van der Waals surface area contributed by atoms with Crippen molar-refractivity contribution < 1.29 is 19.4 Å². The molecule has 1 aliphatic heterocycles. The minimum Gasteiger partial charge on any atom is -0.507 e. The summed E-state index contributed by atoms with van der Waals surface area (Å²) in [5.74, 6) is -0.895. The van der Waals surface area contributed by atoms with Gasteiger partial charge in [-0.05, 0) is 59.5 Å². The first kappa shape index (κ1) is 24.0. The summed E-state index contributed by atoms with van der Waals surface area (Å²) in [6.07, 6.45) is 3.22. The number of pyridine rings is 1. The maximum absolute atomic E-state index is 13.3. The lowest BCUT2D eigenvalue weighted by Gasteiger charge is -2.25. The number of ketones is 1. The second-order valence-electron chi connectivity index (χ2n) is 8.95. The molecule has 37 heavy (non-hydrogen) atoms. The first-order chi connectivity index (χ1) is 18.0. The van der Waals surface area contributed by atoms with E-state index in [1.807, 2.05) is 67.6 Å². The minimum absolute atomic E-state index is 0.0597. The molecule has 2 heterocycles. The van der Waals surface area contributed by atoms with Crippen molar-refractivity contribution in [1.82, 2.24) is 9.88 Å². The lowest BCUT2D eigenvalue weighted by Crippen LogP contribution is -2.29. The second kappa shape index (κ2) is 10.5. The van der Waals surface area contributed by atoms with Crippen LogP contribution < -0.4 is 4.74 Å². The summed E-state index contributed by atoms with van der Waals surface area (Å²) in [4.78, 5) is 32.0. The number of hydrogen-bond donors (Lipinski definition) is 1. The molecule has 6 nitrogen and oxygen atoms in total. The topological polar surface area (TPSA) is 79.7 Å². The van der Waals surface area contributed by atoms with Gasteiger partial charge in [-0.25, -0.2) is 0 Å². The Labute approximate surface area is 215 Å². The lowest BCUT2D eigenvalue weighted by molar-refractivity contribution is -0.140. The van der Waals surface area contributed by atoms with Gasteiger partial charge in [0.2, 0.25) is 0 Å². The number of benzene rings is 3. The van der Waals surface area contributed by atoms with Gasteiger partial charge in [0.25, 0.3) is 11.7 Å². The highest BCUT2D eigenvalue weighted by molar-refractivity contribution is 6.46. The highest BCUT2D eigenvalue weighted by Gasteiger charge is 2.46. The van der Waals surface area contributed by atoms with Crippen LogP contribution in [0.4, 0.5) is 0 Å². The molecule has 184 valence electrons. The first-order valence-electron chi connectivity index (χ1n) is 12.0. The van der Waals surface area contributed by atoms with Crippen LogP contribution in [0.1, 0.15) is 33.9 Å². The number of carbonyl (C=O) groups is 2. The number of hydrogen-bond acceptors (Lipinski definition) is 5. The number of amides is 1. The molecule has 0 saturated carbocycles. The first-order valence-corrected chi connectivity index (χ1v) is 12.0. The number of ether oxygens (including phenoxy) is 1. The maximum Gasteiger partial charge on any atom is 0.295 e. The molecule has 0 bridgehead atoms. The highest BCUT2D eigenvalue weighted by Crippen LogP contribution is 2.40. The minimum atomic E-state index is -0.738. The molecule has 1 fully saturated rings. The van der Waals surface area contributed by atoms with E-state index in [1.165, 1.54) is 4.90 Å². The van der Waals surface area contributed by atoms with E-state index in [4.69, 9.17) is 4.74 Å². The van der Waals surface area contributed by atoms with Crippen LogP contribution in [-0.4, -0.2) is 26.7 Å². The fraction of sp³-hybridized carbons (Fsp3) is 0.129. The standard InChI is InChI=1S/C31H26N2O4/c1-21-18-25(12-13-26(21)37-20-23-10-6-3-7-11-23)29(34)27-28(24-14-16-32-17-15-24)33(31(36)30(27)35)19-22-8-4-2-5-9-22/h2-18,28,34H,19-20H2,1H3/b29-27+. The Bertz CT molecular complexity index is 1450. The third kappa shape index (κ3) is 5.00. The molecule has 6 heteroatoms. The molecule has 1 amide bonds. The molecular weight excluding hydrogens is 464 g/mol. The average molecular weight is 491 g/mol. The Kier molecular flexibility index (Phi) is 6.81. The molecule has 4 aromatic rings. The quantitative estimate of drug-likeness (QED) is 0.208. The zero-order valence-electron chi connectivity index (χ0n) is 20.4. The van der Waals surface area contributed by atoms with Crippen molar-refractivity contribution in [2.24, 2.45) is 0 Å². The van der Waals surface area contributed by atoms with Crippen LogP contribution in [0.2, 0.25) is 0 Å². The van der Waals surface area contributed by atoms with Crippen molar-refractivity contribution in [2.45, 2.75) is 26.1 Å². The summed E-state index contributed by atoms with van der Waals surface area (Å²) in [5.41, 5.74) is 3.94. The van der Waals surface area contributed by atoms with E-state index in [1.54, 1.807) is 42.7 Å². The van der Waals surface area contributed by atoms with Crippen LogP contribution in [0.3, 0.4) is 0 Å². The van der Waals surface area contributed by atoms with E-state index >= 15 is 0 Å². The summed E-state index contributed by atoms with van der Waals surface area (Å²) >= 11 is 0. The molecule has 0 spiro atoms. The number of aryl methyl sites for hydroxylation is 1. The number of rotatable bonds is 7. The van der Waals surface area contributed by atoms with Crippen molar-refractivity contribution in [3.8, 4) is 5.75 Å². The predicted octanol–water partition coefficient (Wildman–Crippen LogP) is 5.59. The van der Waals surface area contributed by atoms with E-state index in [9.17, 15) is 14.7 Å². The van der Waals surface area contributed by atoms with Crippen LogP contribution in [0.25, 0.3) is 5.76 Å². The SMILES string of the molecule is Cc1cc(/C(O)=C2\C(=O)C(=O)N(Cc3ccccc3)C2c2ccncc2)ccc1OCc1ccccc1. The molecule has 1 aromatic heterocycles. The Morgan fingerprint density at radius 2 is 1.54 bits per heavy atom. The van der Waals surface area contributed by atoms with Crippen molar-refractivity contribution in [3.05, 3.63) is 137 Å². The Balaban J connectivity index is 1.50. The molecule has 1 N–H and O–H groups in total. The van der Waals surface area contributed by atoms with Crippen LogP contribution in [0, 0.1) is 6.92 Å². The van der Waals surface area contributed by atoms with Crippen LogP contribution in [-0.2, 0) is 22.7 Å². The summed E-state index contributed by atoms with van der Waals surface area (Å²) in [6, 6.07) is 27.3.